The monoisotopic (exact) mass is 232 g/mol. The van der Waals surface area contributed by atoms with Crippen molar-refractivity contribution in [1.82, 2.24) is 5.32 Å². The van der Waals surface area contributed by atoms with Crippen molar-refractivity contribution in [3.8, 4) is 5.75 Å². The summed E-state index contributed by atoms with van der Waals surface area (Å²) in [5, 5.41) is 3.25. The summed E-state index contributed by atoms with van der Waals surface area (Å²) >= 11 is 0. The van der Waals surface area contributed by atoms with E-state index in [4.69, 9.17) is 4.74 Å². The number of rotatable bonds is 3. The van der Waals surface area contributed by atoms with Crippen LogP contribution in [-0.4, -0.2) is 25.0 Å². The number of aryl methyl sites for hydroxylation is 3. The Balaban J connectivity index is 2.18. The van der Waals surface area contributed by atoms with E-state index in [0.717, 1.165) is 24.7 Å². The van der Waals surface area contributed by atoms with Crippen molar-refractivity contribution in [1.29, 1.82) is 0 Å². The molecule has 1 aromatic rings. The average Bonchev–Trinajstić information content (AvgIpc) is 2.76. The van der Waals surface area contributed by atoms with Gasteiger partial charge in [0, 0.05) is 6.54 Å². The Kier molecular flexibility index (Phi) is 3.36. The van der Waals surface area contributed by atoms with Crippen molar-refractivity contribution in [2.45, 2.75) is 33.8 Å². The first-order valence-corrected chi connectivity index (χ1v) is 6.10. The zero-order chi connectivity index (χ0) is 12.4. The molecule has 3 heteroatoms. The summed E-state index contributed by atoms with van der Waals surface area (Å²) < 4.78 is 6.02. The van der Waals surface area contributed by atoms with Crippen molar-refractivity contribution in [3.05, 3.63) is 28.8 Å². The third kappa shape index (κ3) is 2.60. The third-order valence-corrected chi connectivity index (χ3v) is 2.98. The van der Waals surface area contributed by atoms with Gasteiger partial charge in [-0.15, -0.1) is 0 Å². The predicted octanol–water partition coefficient (Wildman–Crippen LogP) is 2.38. The van der Waals surface area contributed by atoms with Gasteiger partial charge in [0.15, 0.2) is 6.10 Å². The van der Waals surface area contributed by atoms with Gasteiger partial charge in [0.1, 0.15) is 11.6 Å². The van der Waals surface area contributed by atoms with E-state index in [1.807, 2.05) is 6.92 Å². The van der Waals surface area contributed by atoms with Crippen molar-refractivity contribution < 1.29 is 4.74 Å². The van der Waals surface area contributed by atoms with Crippen LogP contribution in [0.3, 0.4) is 0 Å². The van der Waals surface area contributed by atoms with E-state index in [1.54, 1.807) is 0 Å². The third-order valence-electron chi connectivity index (χ3n) is 2.98. The standard InChI is InChI=1S/C14H20N2O/c1-9-7-10(2)13(11(3)8-9)17-12(4)14-15-5-6-16-14/h7-8,12H,5-6H2,1-4H3,(H,15,16). The van der Waals surface area contributed by atoms with Crippen molar-refractivity contribution in [2.24, 2.45) is 4.99 Å². The zero-order valence-corrected chi connectivity index (χ0v) is 11.0. The Morgan fingerprint density at radius 2 is 1.88 bits per heavy atom. The lowest BCUT2D eigenvalue weighted by Crippen LogP contribution is -2.33. The van der Waals surface area contributed by atoms with Gasteiger partial charge >= 0.3 is 0 Å². The normalized spacial score (nSPS) is 16.4. The fourth-order valence-corrected chi connectivity index (χ4v) is 2.27. The molecule has 1 atom stereocenters. The molecule has 0 saturated heterocycles. The van der Waals surface area contributed by atoms with Crippen LogP contribution in [0, 0.1) is 20.8 Å². The van der Waals surface area contributed by atoms with Crippen LogP contribution in [0.2, 0.25) is 0 Å². The molecule has 1 unspecified atom stereocenters. The van der Waals surface area contributed by atoms with Gasteiger partial charge in [-0.2, -0.15) is 0 Å². The largest absolute Gasteiger partial charge is 0.482 e. The summed E-state index contributed by atoms with van der Waals surface area (Å²) in [4.78, 5) is 4.39. The first-order chi connectivity index (χ1) is 8.08. The summed E-state index contributed by atoms with van der Waals surface area (Å²) in [6.07, 6.45) is -0.00222. The lowest BCUT2D eigenvalue weighted by Gasteiger charge is -2.19. The van der Waals surface area contributed by atoms with Gasteiger partial charge in [0.25, 0.3) is 0 Å². The van der Waals surface area contributed by atoms with Crippen LogP contribution in [0.15, 0.2) is 17.1 Å². The minimum absolute atomic E-state index is 0.00222. The number of hydrogen-bond acceptors (Lipinski definition) is 3. The van der Waals surface area contributed by atoms with Crippen LogP contribution in [0.1, 0.15) is 23.6 Å². The molecule has 0 fully saturated rings. The fourth-order valence-electron chi connectivity index (χ4n) is 2.27. The Labute approximate surface area is 103 Å². The van der Waals surface area contributed by atoms with Crippen LogP contribution in [0.4, 0.5) is 0 Å². The molecule has 1 aliphatic heterocycles. The van der Waals surface area contributed by atoms with E-state index in [1.165, 1.54) is 16.7 Å². The highest BCUT2D eigenvalue weighted by molar-refractivity contribution is 5.87. The molecule has 0 spiro atoms. The van der Waals surface area contributed by atoms with E-state index >= 15 is 0 Å². The van der Waals surface area contributed by atoms with Gasteiger partial charge in [-0.25, -0.2) is 0 Å². The van der Waals surface area contributed by atoms with Crippen molar-refractivity contribution >= 4 is 5.84 Å². The van der Waals surface area contributed by atoms with Crippen molar-refractivity contribution in [3.63, 3.8) is 0 Å². The minimum atomic E-state index is -0.00222. The second-order valence-corrected chi connectivity index (χ2v) is 4.68. The molecule has 0 saturated carbocycles. The van der Waals surface area contributed by atoms with E-state index in [9.17, 15) is 0 Å². The molecule has 1 N–H and O–H groups in total. The maximum Gasteiger partial charge on any atom is 0.152 e. The molecule has 92 valence electrons. The molecule has 0 aromatic heterocycles. The smallest absolute Gasteiger partial charge is 0.152 e. The van der Waals surface area contributed by atoms with Crippen LogP contribution < -0.4 is 10.1 Å². The minimum Gasteiger partial charge on any atom is -0.482 e. The van der Waals surface area contributed by atoms with Gasteiger partial charge in [-0.3, -0.25) is 4.99 Å². The zero-order valence-electron chi connectivity index (χ0n) is 11.0. The molecule has 1 aliphatic rings. The number of benzene rings is 1. The van der Waals surface area contributed by atoms with E-state index in [0.29, 0.717) is 0 Å². The summed E-state index contributed by atoms with van der Waals surface area (Å²) in [6.45, 7) is 10.1. The molecule has 1 aromatic carbocycles. The van der Waals surface area contributed by atoms with Gasteiger partial charge in [-0.1, -0.05) is 17.7 Å². The van der Waals surface area contributed by atoms with E-state index in [-0.39, 0.29) is 6.10 Å². The molecule has 0 bridgehead atoms. The summed E-state index contributed by atoms with van der Waals surface area (Å²) in [5.74, 6) is 1.95. The average molecular weight is 232 g/mol. The first kappa shape index (κ1) is 12.0. The highest BCUT2D eigenvalue weighted by atomic mass is 16.5. The topological polar surface area (TPSA) is 33.6 Å². The number of aliphatic imine (C=N–C) groups is 1. The Morgan fingerprint density at radius 3 is 2.41 bits per heavy atom. The molecule has 3 nitrogen and oxygen atoms in total. The molecule has 0 amide bonds. The maximum atomic E-state index is 6.02. The van der Waals surface area contributed by atoms with Gasteiger partial charge in [-0.05, 0) is 38.8 Å². The van der Waals surface area contributed by atoms with Crippen LogP contribution in [0.25, 0.3) is 0 Å². The summed E-state index contributed by atoms with van der Waals surface area (Å²) in [6, 6.07) is 4.30. The van der Waals surface area contributed by atoms with Gasteiger partial charge in [0.2, 0.25) is 0 Å². The van der Waals surface area contributed by atoms with Gasteiger partial charge < -0.3 is 10.1 Å². The number of amidine groups is 1. The highest BCUT2D eigenvalue weighted by Crippen LogP contribution is 2.25. The number of hydrogen-bond donors (Lipinski definition) is 1. The molecule has 2 rings (SSSR count). The lowest BCUT2D eigenvalue weighted by atomic mass is 10.1. The molecule has 17 heavy (non-hydrogen) atoms. The second kappa shape index (κ2) is 4.78. The van der Waals surface area contributed by atoms with E-state index < -0.39 is 0 Å². The maximum absolute atomic E-state index is 6.02. The van der Waals surface area contributed by atoms with Crippen LogP contribution in [0.5, 0.6) is 5.75 Å². The number of nitrogens with zero attached hydrogens (tertiary/aromatic N) is 1. The van der Waals surface area contributed by atoms with E-state index in [2.05, 4.69) is 43.2 Å². The molecular weight excluding hydrogens is 212 g/mol. The molecular formula is C14H20N2O. The second-order valence-electron chi connectivity index (χ2n) is 4.68. The summed E-state index contributed by atoms with van der Waals surface area (Å²) in [5.41, 5.74) is 3.65. The molecule has 0 aliphatic carbocycles. The van der Waals surface area contributed by atoms with Gasteiger partial charge in [0.05, 0.1) is 6.54 Å². The Hall–Kier alpha value is -1.51. The van der Waals surface area contributed by atoms with Crippen LogP contribution >= 0.6 is 0 Å². The first-order valence-electron chi connectivity index (χ1n) is 6.10. The quantitative estimate of drug-likeness (QED) is 0.868. The predicted molar refractivity (Wildman–Crippen MR) is 71.0 cm³/mol. The lowest BCUT2D eigenvalue weighted by molar-refractivity contribution is 0.280. The Bertz CT molecular complexity index is 429. The number of nitrogens with one attached hydrogen (secondary N) is 1. The summed E-state index contributed by atoms with van der Waals surface area (Å²) in [7, 11) is 0. The SMILES string of the molecule is Cc1cc(C)c(OC(C)C2=NCCN2)c(C)c1. The molecule has 0 radical (unpaired) electrons. The Morgan fingerprint density at radius 1 is 1.24 bits per heavy atom. The fraction of sp³-hybridized carbons (Fsp3) is 0.500. The molecule has 1 heterocycles. The van der Waals surface area contributed by atoms with Crippen LogP contribution in [-0.2, 0) is 0 Å². The van der Waals surface area contributed by atoms with Crippen molar-refractivity contribution in [2.75, 3.05) is 13.1 Å². The number of ether oxygens (including phenoxy) is 1. The highest BCUT2D eigenvalue weighted by Gasteiger charge is 2.17.